The number of rotatable bonds is 14. The summed E-state index contributed by atoms with van der Waals surface area (Å²) in [5.74, 6) is 0.0502. The maximum Gasteiger partial charge on any atom is 0.251 e. The molecule has 4 amide bonds. The van der Waals surface area contributed by atoms with Gasteiger partial charge in [-0.15, -0.1) is 0 Å². The predicted molar refractivity (Wildman–Crippen MR) is 196 cm³/mol. The summed E-state index contributed by atoms with van der Waals surface area (Å²) in [5.41, 5.74) is 13.8. The Morgan fingerprint density at radius 1 is 0.673 bits per heavy atom. The Morgan fingerprint density at radius 2 is 1.04 bits per heavy atom. The van der Waals surface area contributed by atoms with Gasteiger partial charge in [-0.1, -0.05) is 27.7 Å². The van der Waals surface area contributed by atoms with Crippen LogP contribution in [-0.2, 0) is 25.6 Å². The smallest absolute Gasteiger partial charge is 0.251 e. The van der Waals surface area contributed by atoms with Crippen molar-refractivity contribution in [2.24, 2.45) is 0 Å². The van der Waals surface area contributed by atoms with E-state index in [2.05, 4.69) is 72.8 Å². The van der Waals surface area contributed by atoms with Crippen LogP contribution in [0.4, 0.5) is 0 Å². The van der Waals surface area contributed by atoms with Crippen LogP contribution in [0.1, 0.15) is 138 Å². The van der Waals surface area contributed by atoms with E-state index in [4.69, 9.17) is 0 Å². The number of aromatic amines is 2. The van der Waals surface area contributed by atoms with Gasteiger partial charge in [-0.2, -0.15) is 0 Å². The highest BCUT2D eigenvalue weighted by molar-refractivity contribution is 6.01. The average Bonchev–Trinajstić information content (AvgIpc) is 3.68. The lowest BCUT2D eigenvalue weighted by Gasteiger charge is -2.17. The first kappa shape index (κ1) is 37.2. The highest BCUT2D eigenvalue weighted by atomic mass is 16.2. The van der Waals surface area contributed by atoms with E-state index < -0.39 is 0 Å². The molecule has 2 aliphatic heterocycles. The van der Waals surface area contributed by atoms with Crippen molar-refractivity contribution in [1.29, 1.82) is 0 Å². The molecule has 2 aliphatic rings. The molecule has 0 unspecified atom stereocenters. The summed E-state index contributed by atoms with van der Waals surface area (Å²) in [6.45, 7) is 20.7. The van der Waals surface area contributed by atoms with Gasteiger partial charge in [-0.05, 0) is 111 Å². The molecule has 4 heterocycles. The van der Waals surface area contributed by atoms with Crippen molar-refractivity contribution in [3.63, 3.8) is 0 Å². The van der Waals surface area contributed by atoms with Gasteiger partial charge in [0.1, 0.15) is 0 Å². The third kappa shape index (κ3) is 8.17. The van der Waals surface area contributed by atoms with Crippen LogP contribution in [0.15, 0.2) is 33.7 Å². The van der Waals surface area contributed by atoms with Crippen molar-refractivity contribution >= 4 is 35.8 Å². The fourth-order valence-corrected chi connectivity index (χ4v) is 7.39. The molecule has 0 aromatic carbocycles. The molecule has 0 radical (unpaired) electrons. The predicted octanol–water partition coefficient (Wildman–Crippen LogP) is 6.20. The van der Waals surface area contributed by atoms with E-state index in [1.807, 2.05) is 26.0 Å². The summed E-state index contributed by atoms with van der Waals surface area (Å²) >= 11 is 0. The molecule has 6 N–H and O–H groups in total. The SMILES string of the molecule is CCC1=C(C)C(=O)N/C1=C\c1[nH]c(Cc2[nH]c(/C=C3\NC(=O)C(C)=C3CC)c(C)c2[C@@H](C)CCNC(C)=O)c([C@@H](C)CCNC(C)=O)c1C. The van der Waals surface area contributed by atoms with Crippen LogP contribution in [-0.4, -0.2) is 46.7 Å². The van der Waals surface area contributed by atoms with Crippen molar-refractivity contribution < 1.29 is 19.2 Å². The molecule has 0 bridgehead atoms. The molecule has 4 rings (SSSR count). The summed E-state index contributed by atoms with van der Waals surface area (Å²) < 4.78 is 0. The molecule has 0 saturated heterocycles. The zero-order valence-corrected chi connectivity index (χ0v) is 30.9. The number of hydrogen-bond acceptors (Lipinski definition) is 4. The van der Waals surface area contributed by atoms with E-state index in [9.17, 15) is 19.2 Å². The average molecular weight is 671 g/mol. The Hall–Kier alpha value is -4.60. The topological polar surface area (TPSA) is 148 Å². The summed E-state index contributed by atoms with van der Waals surface area (Å²) in [4.78, 5) is 55.9. The molecule has 2 atom stereocenters. The van der Waals surface area contributed by atoms with Gasteiger partial charge in [0.15, 0.2) is 0 Å². The number of aromatic nitrogens is 2. The lowest BCUT2D eigenvalue weighted by Crippen LogP contribution is -2.22. The molecule has 2 aromatic rings. The van der Waals surface area contributed by atoms with Gasteiger partial charge in [0.2, 0.25) is 11.8 Å². The van der Waals surface area contributed by atoms with Crippen LogP contribution in [0.2, 0.25) is 0 Å². The zero-order chi connectivity index (χ0) is 36.2. The van der Waals surface area contributed by atoms with E-state index in [1.165, 1.54) is 25.0 Å². The fourth-order valence-electron chi connectivity index (χ4n) is 7.39. The van der Waals surface area contributed by atoms with Crippen LogP contribution < -0.4 is 21.3 Å². The number of amides is 4. The van der Waals surface area contributed by atoms with Gasteiger partial charge >= 0.3 is 0 Å². The maximum atomic E-state index is 12.6. The van der Waals surface area contributed by atoms with E-state index in [0.29, 0.717) is 19.5 Å². The number of nitrogens with one attached hydrogen (secondary N) is 6. The standard InChI is InChI=1S/C39H54N6O4/c1-11-28-22(5)38(48)44-32(28)17-30-24(7)36(20(3)13-15-40-26(9)46)34(42-30)19-35-37(21(4)14-16-41-27(10)47)25(8)31(43-35)18-33-29(12-2)23(6)39(49)45-33/h17-18,20-21,42-43H,11-16,19H2,1-10H3,(H,40,46)(H,41,47)(H,44,48)(H,45,49)/b32-17-,33-18-/t20-,21-/m0/s1. The summed E-state index contributed by atoms with van der Waals surface area (Å²) in [5, 5.41) is 12.0. The summed E-state index contributed by atoms with van der Waals surface area (Å²) in [6, 6.07) is 0. The largest absolute Gasteiger partial charge is 0.358 e. The fraction of sp³-hybridized carbons (Fsp3) is 0.487. The van der Waals surface area contributed by atoms with Crippen LogP contribution in [0.3, 0.4) is 0 Å². The van der Waals surface area contributed by atoms with Gasteiger partial charge in [0.25, 0.3) is 11.8 Å². The van der Waals surface area contributed by atoms with Crippen molar-refractivity contribution in [3.8, 4) is 0 Å². The second-order valence-corrected chi connectivity index (χ2v) is 13.6. The quantitative estimate of drug-likeness (QED) is 0.142. The molecule has 10 heteroatoms. The Kier molecular flexibility index (Phi) is 12.0. The Balaban J connectivity index is 1.83. The second kappa shape index (κ2) is 15.7. The molecule has 0 fully saturated rings. The highest BCUT2D eigenvalue weighted by Gasteiger charge is 2.28. The molecule has 2 aromatic heterocycles. The molecular formula is C39H54N6O4. The third-order valence-electron chi connectivity index (χ3n) is 10.1. The van der Waals surface area contributed by atoms with Crippen molar-refractivity contribution in [1.82, 2.24) is 31.2 Å². The molecule has 0 aliphatic carbocycles. The van der Waals surface area contributed by atoms with E-state index >= 15 is 0 Å². The minimum Gasteiger partial charge on any atom is -0.358 e. The minimum atomic E-state index is -0.0624. The zero-order valence-electron chi connectivity index (χ0n) is 30.9. The minimum absolute atomic E-state index is 0.0500. The van der Waals surface area contributed by atoms with Crippen molar-refractivity contribution in [2.75, 3.05) is 13.1 Å². The maximum absolute atomic E-state index is 12.6. The number of carbonyl (C=O) groups is 4. The van der Waals surface area contributed by atoms with Crippen molar-refractivity contribution in [2.45, 2.75) is 113 Å². The van der Waals surface area contributed by atoms with Gasteiger partial charge in [0, 0.05) is 78.7 Å². The lowest BCUT2D eigenvalue weighted by molar-refractivity contribution is -0.119. The number of allylic oxidation sites excluding steroid dienone is 2. The first-order valence-corrected chi connectivity index (χ1v) is 17.6. The van der Waals surface area contributed by atoms with Crippen LogP contribution in [0.5, 0.6) is 0 Å². The number of H-pyrrole nitrogens is 2. The van der Waals surface area contributed by atoms with E-state index in [0.717, 1.165) is 93.3 Å². The van der Waals surface area contributed by atoms with Gasteiger partial charge in [-0.3, -0.25) is 19.2 Å². The Labute approximate surface area is 290 Å². The van der Waals surface area contributed by atoms with Gasteiger partial charge in [0.05, 0.1) is 0 Å². The van der Waals surface area contributed by atoms with Crippen molar-refractivity contribution in [3.05, 3.63) is 78.7 Å². The Morgan fingerprint density at radius 3 is 1.37 bits per heavy atom. The first-order chi connectivity index (χ1) is 23.2. The molecular weight excluding hydrogens is 616 g/mol. The molecule has 0 saturated carbocycles. The monoisotopic (exact) mass is 670 g/mol. The van der Waals surface area contributed by atoms with E-state index in [-0.39, 0.29) is 35.5 Å². The highest BCUT2D eigenvalue weighted by Crippen LogP contribution is 2.37. The Bertz CT molecular complexity index is 1650. The first-order valence-electron chi connectivity index (χ1n) is 17.6. The normalized spacial score (nSPS) is 17.7. The van der Waals surface area contributed by atoms with Crippen LogP contribution in [0, 0.1) is 13.8 Å². The van der Waals surface area contributed by atoms with Crippen LogP contribution >= 0.6 is 0 Å². The van der Waals surface area contributed by atoms with E-state index in [1.54, 1.807) is 0 Å². The van der Waals surface area contributed by atoms with Crippen LogP contribution in [0.25, 0.3) is 12.2 Å². The second-order valence-electron chi connectivity index (χ2n) is 13.6. The van der Waals surface area contributed by atoms with Gasteiger partial charge in [-0.25, -0.2) is 0 Å². The molecule has 0 spiro atoms. The molecule has 49 heavy (non-hydrogen) atoms. The molecule has 10 nitrogen and oxygen atoms in total. The number of carbonyl (C=O) groups excluding carboxylic acids is 4. The number of hydrogen-bond donors (Lipinski definition) is 6. The lowest BCUT2D eigenvalue weighted by atomic mass is 9.89. The molecule has 264 valence electrons. The summed E-state index contributed by atoms with van der Waals surface area (Å²) in [7, 11) is 0. The third-order valence-corrected chi connectivity index (χ3v) is 10.1. The van der Waals surface area contributed by atoms with Gasteiger partial charge < -0.3 is 31.2 Å². The summed E-state index contributed by atoms with van der Waals surface area (Å²) in [6.07, 6.45) is 7.72.